The van der Waals surface area contributed by atoms with Gasteiger partial charge in [-0.2, -0.15) is 4.68 Å². The number of amides is 1. The molecule has 0 bridgehead atoms. The number of tetrazole rings is 1. The highest BCUT2D eigenvalue weighted by Crippen LogP contribution is 2.40. The van der Waals surface area contributed by atoms with Gasteiger partial charge in [-0.05, 0) is 41.5 Å². The molecule has 1 amide bonds. The summed E-state index contributed by atoms with van der Waals surface area (Å²) >= 11 is 7.66. The summed E-state index contributed by atoms with van der Waals surface area (Å²) in [5.41, 5.74) is 7.09. The lowest BCUT2D eigenvalue weighted by atomic mass is 10.2. The number of benzene rings is 1. The Bertz CT molecular complexity index is 934. The first-order valence-corrected chi connectivity index (χ1v) is 8.95. The van der Waals surface area contributed by atoms with Gasteiger partial charge >= 0.3 is 0 Å². The van der Waals surface area contributed by atoms with Crippen molar-refractivity contribution >= 4 is 34.5 Å². The minimum absolute atomic E-state index is 0.302. The predicted octanol–water partition coefficient (Wildman–Crippen LogP) is 2.36. The Hall–Kier alpha value is -2.36. The van der Waals surface area contributed by atoms with Crippen LogP contribution in [0.2, 0.25) is 5.02 Å². The maximum atomic E-state index is 12.3. The third kappa shape index (κ3) is 3.26. The molecular weight excluding hydrogens is 362 g/mol. The molecule has 0 atom stereocenters. The Kier molecular flexibility index (Phi) is 4.20. The number of nitrogens with one attached hydrogen (secondary N) is 1. The topological polar surface area (TPSA) is 112 Å². The van der Waals surface area contributed by atoms with Crippen molar-refractivity contribution in [2.24, 2.45) is 5.73 Å². The third-order valence-corrected chi connectivity index (χ3v) is 5.02. The second-order valence-corrected chi connectivity index (χ2v) is 7.02. The smallest absolute Gasteiger partial charge is 0.275 e. The van der Waals surface area contributed by atoms with E-state index in [1.807, 2.05) is 0 Å². The normalized spacial score (nSPS) is 13.8. The second-order valence-electron chi connectivity index (χ2n) is 5.67. The molecule has 128 valence electrons. The third-order valence-electron chi connectivity index (χ3n) is 3.83. The van der Waals surface area contributed by atoms with Crippen LogP contribution in [-0.4, -0.2) is 31.1 Å². The van der Waals surface area contributed by atoms with Gasteiger partial charge in [-0.1, -0.05) is 11.6 Å². The average Bonchev–Trinajstić information content (AvgIpc) is 3.15. The van der Waals surface area contributed by atoms with Crippen LogP contribution in [0.15, 0.2) is 23.6 Å². The molecule has 0 saturated heterocycles. The van der Waals surface area contributed by atoms with Crippen LogP contribution in [0.1, 0.15) is 40.1 Å². The fourth-order valence-electron chi connectivity index (χ4n) is 2.42. The molecule has 10 heteroatoms. The number of nitrogens with zero attached hydrogens (tertiary/aromatic N) is 5. The predicted molar refractivity (Wildman–Crippen MR) is 94.1 cm³/mol. The number of thiazole rings is 1. The van der Waals surface area contributed by atoms with Gasteiger partial charge < -0.3 is 11.1 Å². The number of hydrogen-bond acceptors (Lipinski definition) is 7. The summed E-state index contributed by atoms with van der Waals surface area (Å²) in [4.78, 5) is 16.5. The Morgan fingerprint density at radius 2 is 2.28 bits per heavy atom. The van der Waals surface area contributed by atoms with Gasteiger partial charge in [0.15, 0.2) is 5.82 Å². The number of halogens is 1. The fourth-order valence-corrected chi connectivity index (χ4v) is 3.27. The molecular formula is C15H14ClN7OS. The monoisotopic (exact) mass is 375 g/mol. The highest BCUT2D eigenvalue weighted by molar-refractivity contribution is 7.09. The van der Waals surface area contributed by atoms with E-state index in [0.29, 0.717) is 39.6 Å². The van der Waals surface area contributed by atoms with Crippen LogP contribution in [0.25, 0.3) is 5.69 Å². The summed E-state index contributed by atoms with van der Waals surface area (Å²) < 4.78 is 1.63. The maximum absolute atomic E-state index is 12.3. The van der Waals surface area contributed by atoms with Gasteiger partial charge in [0.2, 0.25) is 0 Å². The summed E-state index contributed by atoms with van der Waals surface area (Å²) in [7, 11) is 0. The zero-order chi connectivity index (χ0) is 17.4. The first kappa shape index (κ1) is 16.1. The average molecular weight is 376 g/mol. The lowest BCUT2D eigenvalue weighted by molar-refractivity contribution is 0.102. The first-order chi connectivity index (χ1) is 12.2. The van der Waals surface area contributed by atoms with E-state index in [1.165, 1.54) is 11.3 Å². The van der Waals surface area contributed by atoms with Crippen LogP contribution in [-0.2, 0) is 6.54 Å². The maximum Gasteiger partial charge on any atom is 0.275 e. The van der Waals surface area contributed by atoms with Gasteiger partial charge in [0.1, 0.15) is 10.7 Å². The minimum Gasteiger partial charge on any atom is -0.325 e. The lowest BCUT2D eigenvalue weighted by Crippen LogP contribution is -2.13. The number of carbonyl (C=O) groups excluding carboxylic acids is 1. The van der Waals surface area contributed by atoms with Gasteiger partial charge in [-0.25, -0.2) is 4.98 Å². The molecule has 1 fully saturated rings. The molecule has 2 heterocycles. The van der Waals surface area contributed by atoms with Crippen molar-refractivity contribution in [1.29, 1.82) is 0 Å². The van der Waals surface area contributed by atoms with Gasteiger partial charge in [0, 0.05) is 23.5 Å². The number of rotatable bonds is 5. The van der Waals surface area contributed by atoms with Crippen molar-refractivity contribution in [1.82, 2.24) is 25.2 Å². The zero-order valence-electron chi connectivity index (χ0n) is 13.0. The fraction of sp³-hybridized carbons (Fsp3) is 0.267. The molecule has 1 aromatic carbocycles. The molecule has 3 N–H and O–H groups in total. The van der Waals surface area contributed by atoms with Crippen LogP contribution in [0.3, 0.4) is 0 Å². The summed E-state index contributed by atoms with van der Waals surface area (Å²) in [6, 6.07) is 5.18. The van der Waals surface area contributed by atoms with Crippen LogP contribution in [0.5, 0.6) is 0 Å². The van der Waals surface area contributed by atoms with E-state index in [9.17, 15) is 4.79 Å². The van der Waals surface area contributed by atoms with Crippen LogP contribution < -0.4 is 11.1 Å². The summed E-state index contributed by atoms with van der Waals surface area (Å²) in [5.74, 6) is 0.856. The number of hydrogen-bond donors (Lipinski definition) is 2. The zero-order valence-corrected chi connectivity index (χ0v) is 14.6. The van der Waals surface area contributed by atoms with E-state index in [1.54, 1.807) is 28.3 Å². The van der Waals surface area contributed by atoms with Crippen molar-refractivity contribution in [3.8, 4) is 5.69 Å². The van der Waals surface area contributed by atoms with Crippen LogP contribution in [0.4, 0.5) is 5.69 Å². The molecule has 1 aliphatic rings. The highest BCUT2D eigenvalue weighted by atomic mass is 35.5. The molecule has 8 nitrogen and oxygen atoms in total. The van der Waals surface area contributed by atoms with Crippen LogP contribution >= 0.6 is 22.9 Å². The van der Waals surface area contributed by atoms with Crippen molar-refractivity contribution < 1.29 is 4.79 Å². The van der Waals surface area contributed by atoms with E-state index in [0.717, 1.165) is 18.7 Å². The summed E-state index contributed by atoms with van der Waals surface area (Å²) in [6.07, 6.45) is 2.14. The molecule has 2 aromatic heterocycles. The van der Waals surface area contributed by atoms with E-state index in [2.05, 4.69) is 25.8 Å². The Morgan fingerprint density at radius 1 is 1.44 bits per heavy atom. The molecule has 25 heavy (non-hydrogen) atoms. The Balaban J connectivity index is 1.61. The Labute approximate surface area is 152 Å². The number of aromatic nitrogens is 5. The lowest BCUT2D eigenvalue weighted by Gasteiger charge is -2.09. The van der Waals surface area contributed by atoms with Crippen molar-refractivity contribution in [3.05, 3.63) is 45.1 Å². The van der Waals surface area contributed by atoms with E-state index < -0.39 is 0 Å². The summed E-state index contributed by atoms with van der Waals surface area (Å²) in [5, 5.41) is 17.6. The van der Waals surface area contributed by atoms with E-state index in [4.69, 9.17) is 17.3 Å². The molecule has 1 aliphatic carbocycles. The quantitative estimate of drug-likeness (QED) is 0.708. The molecule has 3 aromatic rings. The molecule has 1 saturated carbocycles. The molecule has 0 unspecified atom stereocenters. The Morgan fingerprint density at radius 3 is 3.00 bits per heavy atom. The minimum atomic E-state index is -0.302. The number of carbonyl (C=O) groups is 1. The largest absolute Gasteiger partial charge is 0.325 e. The van der Waals surface area contributed by atoms with Gasteiger partial charge in [-0.3, -0.25) is 4.79 Å². The van der Waals surface area contributed by atoms with Crippen molar-refractivity contribution in [3.63, 3.8) is 0 Å². The number of nitrogens with two attached hydrogens (primary N) is 1. The van der Waals surface area contributed by atoms with Gasteiger partial charge in [0.05, 0.1) is 10.7 Å². The molecule has 0 radical (unpaired) electrons. The SMILES string of the molecule is NCc1nc(C(=O)Nc2ccc(Cl)c(-n3nnnc3C3CC3)c2)cs1. The van der Waals surface area contributed by atoms with Crippen molar-refractivity contribution in [2.45, 2.75) is 25.3 Å². The molecule has 4 rings (SSSR count). The number of anilines is 1. The molecule has 0 spiro atoms. The standard InChI is InChI=1S/C15H14ClN7OS/c16-10-4-3-9(18-15(24)11-7-25-13(6-17)19-11)5-12(10)23-14(8-1-2-8)20-21-22-23/h3-5,7-8H,1-2,6,17H2,(H,18,24). The van der Waals surface area contributed by atoms with Gasteiger partial charge in [0.25, 0.3) is 5.91 Å². The van der Waals surface area contributed by atoms with E-state index in [-0.39, 0.29) is 5.91 Å². The van der Waals surface area contributed by atoms with Crippen LogP contribution in [0, 0.1) is 0 Å². The van der Waals surface area contributed by atoms with Crippen molar-refractivity contribution in [2.75, 3.05) is 5.32 Å². The van der Waals surface area contributed by atoms with E-state index >= 15 is 0 Å². The highest BCUT2D eigenvalue weighted by Gasteiger charge is 2.30. The molecule has 0 aliphatic heterocycles. The summed E-state index contributed by atoms with van der Waals surface area (Å²) in [6.45, 7) is 0.312. The van der Waals surface area contributed by atoms with Gasteiger partial charge in [-0.15, -0.1) is 16.4 Å². The second kappa shape index (κ2) is 6.51. The first-order valence-electron chi connectivity index (χ1n) is 7.69.